The van der Waals surface area contributed by atoms with Gasteiger partial charge in [0.15, 0.2) is 0 Å². The lowest BCUT2D eigenvalue weighted by Crippen LogP contribution is -2.19. The van der Waals surface area contributed by atoms with Crippen LogP contribution in [0.1, 0.15) is 17.5 Å². The van der Waals surface area contributed by atoms with Gasteiger partial charge >= 0.3 is 0 Å². The monoisotopic (exact) mass is 261 g/mol. The molecule has 1 amide bonds. The molecule has 1 aromatic heterocycles. The van der Waals surface area contributed by atoms with Crippen molar-refractivity contribution in [2.75, 3.05) is 10.6 Å². The second-order valence-corrected chi connectivity index (χ2v) is 4.79. The van der Waals surface area contributed by atoms with E-state index >= 15 is 0 Å². The van der Waals surface area contributed by atoms with Gasteiger partial charge in [0.25, 0.3) is 0 Å². The second kappa shape index (κ2) is 4.69. The first-order chi connectivity index (χ1) is 8.81. The third kappa shape index (κ3) is 2.30. The topological polar surface area (TPSA) is 79.8 Å². The normalized spacial score (nSPS) is 13.9. The average molecular weight is 261 g/mol. The van der Waals surface area contributed by atoms with E-state index < -0.39 is 0 Å². The Labute approximate surface area is 108 Å². The van der Waals surface area contributed by atoms with E-state index in [0.29, 0.717) is 18.1 Å². The summed E-state index contributed by atoms with van der Waals surface area (Å²) in [5, 5.41) is 14.1. The number of aryl methyl sites for hydroxylation is 1. The molecule has 1 aromatic carbocycles. The highest BCUT2D eigenvalue weighted by Crippen LogP contribution is 2.23. The van der Waals surface area contributed by atoms with E-state index in [-0.39, 0.29) is 5.91 Å². The van der Waals surface area contributed by atoms with Gasteiger partial charge in [-0.05, 0) is 28.8 Å². The van der Waals surface area contributed by atoms with E-state index in [0.717, 1.165) is 17.7 Å². The molecule has 0 spiro atoms. The molecule has 92 valence electrons. The second-order valence-electron chi connectivity index (χ2n) is 4.06. The lowest BCUT2D eigenvalue weighted by molar-refractivity contribution is -0.116. The standard InChI is InChI=1S/C11H11N5OS/c17-10-4-2-8-5-7(1-3-9(8)13-10)6-12-11-14-15-16-18-11/h1,3,5H,2,4,6H2,(H,13,17)(H,12,14,16). The molecule has 1 aliphatic rings. The zero-order chi connectivity index (χ0) is 12.4. The lowest BCUT2D eigenvalue weighted by atomic mass is 10.0. The number of nitrogens with zero attached hydrogens (tertiary/aromatic N) is 3. The number of carbonyl (C=O) groups is 1. The summed E-state index contributed by atoms with van der Waals surface area (Å²) in [6.07, 6.45) is 1.36. The number of anilines is 2. The van der Waals surface area contributed by atoms with Crippen molar-refractivity contribution in [3.05, 3.63) is 29.3 Å². The molecule has 0 saturated heterocycles. The van der Waals surface area contributed by atoms with E-state index in [1.165, 1.54) is 17.1 Å². The summed E-state index contributed by atoms with van der Waals surface area (Å²) in [7, 11) is 0. The van der Waals surface area contributed by atoms with Crippen molar-refractivity contribution in [1.29, 1.82) is 0 Å². The third-order valence-electron chi connectivity index (χ3n) is 2.81. The largest absolute Gasteiger partial charge is 0.355 e. The fourth-order valence-electron chi connectivity index (χ4n) is 1.93. The molecule has 0 aliphatic carbocycles. The van der Waals surface area contributed by atoms with Gasteiger partial charge in [0.05, 0.1) is 0 Å². The highest BCUT2D eigenvalue weighted by molar-refractivity contribution is 7.09. The fourth-order valence-corrected chi connectivity index (χ4v) is 2.29. The molecule has 1 aliphatic heterocycles. The molecular formula is C11H11N5OS. The minimum absolute atomic E-state index is 0.0910. The summed E-state index contributed by atoms with van der Waals surface area (Å²) in [6.45, 7) is 0.679. The van der Waals surface area contributed by atoms with Crippen LogP contribution in [0.4, 0.5) is 10.8 Å². The van der Waals surface area contributed by atoms with Gasteiger partial charge in [-0.2, -0.15) is 0 Å². The van der Waals surface area contributed by atoms with Crippen LogP contribution >= 0.6 is 11.5 Å². The van der Waals surface area contributed by atoms with E-state index in [9.17, 15) is 4.79 Å². The Bertz CT molecular complexity index is 569. The predicted octanol–water partition coefficient (Wildman–Crippen LogP) is 1.43. The molecule has 0 saturated carbocycles. The van der Waals surface area contributed by atoms with E-state index in [2.05, 4.69) is 31.5 Å². The number of fused-ring (bicyclic) bond motifs is 1. The number of hydrogen-bond donors (Lipinski definition) is 2. The lowest BCUT2D eigenvalue weighted by Gasteiger charge is -2.17. The summed E-state index contributed by atoms with van der Waals surface area (Å²) in [6, 6.07) is 6.05. The maximum Gasteiger partial charge on any atom is 0.225 e. The summed E-state index contributed by atoms with van der Waals surface area (Å²) in [5.74, 6) is 0.0910. The van der Waals surface area contributed by atoms with Crippen LogP contribution in [0.15, 0.2) is 18.2 Å². The molecule has 0 radical (unpaired) electrons. The van der Waals surface area contributed by atoms with E-state index in [4.69, 9.17) is 0 Å². The highest BCUT2D eigenvalue weighted by Gasteiger charge is 2.14. The summed E-state index contributed by atoms with van der Waals surface area (Å²) in [4.78, 5) is 11.2. The first-order valence-corrected chi connectivity index (χ1v) is 6.39. The van der Waals surface area contributed by atoms with Gasteiger partial charge in [0.2, 0.25) is 11.0 Å². The van der Waals surface area contributed by atoms with Gasteiger partial charge in [-0.15, -0.1) is 0 Å². The van der Waals surface area contributed by atoms with Crippen molar-refractivity contribution in [2.45, 2.75) is 19.4 Å². The third-order valence-corrected chi connectivity index (χ3v) is 3.36. The number of nitrogens with one attached hydrogen (secondary N) is 2. The van der Waals surface area contributed by atoms with Crippen molar-refractivity contribution < 1.29 is 4.79 Å². The van der Waals surface area contributed by atoms with Crippen LogP contribution in [0.2, 0.25) is 0 Å². The van der Waals surface area contributed by atoms with E-state index in [1.807, 2.05) is 12.1 Å². The maximum absolute atomic E-state index is 11.2. The van der Waals surface area contributed by atoms with Gasteiger partial charge in [0, 0.05) is 30.2 Å². The zero-order valence-electron chi connectivity index (χ0n) is 9.51. The molecular weight excluding hydrogens is 250 g/mol. The number of rotatable bonds is 3. The molecule has 0 bridgehead atoms. The number of carbonyl (C=O) groups excluding carboxylic acids is 1. The van der Waals surface area contributed by atoms with Gasteiger partial charge in [-0.25, -0.2) is 0 Å². The zero-order valence-corrected chi connectivity index (χ0v) is 10.3. The Kier molecular flexibility index (Phi) is 2.89. The van der Waals surface area contributed by atoms with Crippen LogP contribution in [0.25, 0.3) is 0 Å². The average Bonchev–Trinajstić information content (AvgIpc) is 2.89. The Morgan fingerprint density at radius 2 is 2.33 bits per heavy atom. The SMILES string of the molecule is O=C1CCc2cc(CNc3nnns3)ccc2N1. The van der Waals surface area contributed by atoms with E-state index in [1.54, 1.807) is 0 Å². The van der Waals surface area contributed by atoms with Crippen molar-refractivity contribution in [2.24, 2.45) is 0 Å². The van der Waals surface area contributed by atoms with Gasteiger partial charge < -0.3 is 10.6 Å². The Morgan fingerprint density at radius 3 is 3.17 bits per heavy atom. The van der Waals surface area contributed by atoms with Crippen LogP contribution < -0.4 is 10.6 Å². The first-order valence-electron chi connectivity index (χ1n) is 5.62. The van der Waals surface area contributed by atoms with Gasteiger partial charge in [-0.1, -0.05) is 21.7 Å². The molecule has 2 heterocycles. The van der Waals surface area contributed by atoms with Gasteiger partial charge in [-0.3, -0.25) is 4.79 Å². The van der Waals surface area contributed by atoms with Crippen LogP contribution in [0.5, 0.6) is 0 Å². The number of benzene rings is 1. The summed E-state index contributed by atoms with van der Waals surface area (Å²) < 4.78 is 3.68. The quantitative estimate of drug-likeness (QED) is 0.873. The molecule has 0 atom stereocenters. The molecule has 7 heteroatoms. The van der Waals surface area contributed by atoms with Crippen molar-refractivity contribution >= 4 is 28.3 Å². The highest BCUT2D eigenvalue weighted by atomic mass is 32.1. The molecule has 2 aromatic rings. The molecule has 2 N–H and O–H groups in total. The maximum atomic E-state index is 11.2. The van der Waals surface area contributed by atoms with Crippen LogP contribution in [0.3, 0.4) is 0 Å². The van der Waals surface area contributed by atoms with Crippen LogP contribution in [-0.4, -0.2) is 20.7 Å². The smallest absolute Gasteiger partial charge is 0.225 e. The molecule has 0 unspecified atom stereocenters. The Hall–Kier alpha value is -2.02. The summed E-state index contributed by atoms with van der Waals surface area (Å²) >= 11 is 1.23. The fraction of sp³-hybridized carbons (Fsp3) is 0.273. The minimum atomic E-state index is 0.0910. The van der Waals surface area contributed by atoms with Gasteiger partial charge in [0.1, 0.15) is 0 Å². The minimum Gasteiger partial charge on any atom is -0.355 e. The molecule has 3 rings (SSSR count). The Balaban J connectivity index is 1.72. The van der Waals surface area contributed by atoms with Crippen molar-refractivity contribution in [3.8, 4) is 0 Å². The summed E-state index contributed by atoms with van der Waals surface area (Å²) in [5.41, 5.74) is 3.26. The first kappa shape index (κ1) is 11.1. The molecule has 18 heavy (non-hydrogen) atoms. The number of hydrogen-bond acceptors (Lipinski definition) is 6. The molecule has 6 nitrogen and oxygen atoms in total. The molecule has 0 fully saturated rings. The predicted molar refractivity (Wildman–Crippen MR) is 68.4 cm³/mol. The van der Waals surface area contributed by atoms with Crippen LogP contribution in [-0.2, 0) is 17.8 Å². The Morgan fingerprint density at radius 1 is 1.39 bits per heavy atom. The van der Waals surface area contributed by atoms with Crippen molar-refractivity contribution in [1.82, 2.24) is 14.8 Å². The number of aromatic nitrogens is 3. The number of amides is 1. The van der Waals surface area contributed by atoms with Crippen molar-refractivity contribution in [3.63, 3.8) is 0 Å². The van der Waals surface area contributed by atoms with Crippen LogP contribution in [0, 0.1) is 0 Å².